The van der Waals surface area contributed by atoms with Crippen LogP contribution in [0.25, 0.3) is 0 Å². The topological polar surface area (TPSA) is 73.9 Å². The number of hydrogen-bond acceptors (Lipinski definition) is 5. The van der Waals surface area contributed by atoms with Crippen molar-refractivity contribution in [2.24, 2.45) is 5.73 Å². The van der Waals surface area contributed by atoms with E-state index in [9.17, 15) is 5.11 Å². The zero-order chi connectivity index (χ0) is 23.5. The highest BCUT2D eigenvalue weighted by atomic mass is 16.5. The van der Waals surface area contributed by atoms with Crippen molar-refractivity contribution in [2.75, 3.05) is 14.2 Å². The molecule has 0 aliphatic rings. The molecule has 0 heterocycles. The molecule has 3 aromatic rings. The number of benzene rings is 3. The van der Waals surface area contributed by atoms with Gasteiger partial charge in [0.1, 0.15) is 23.4 Å². The van der Waals surface area contributed by atoms with Gasteiger partial charge in [-0.3, -0.25) is 5.73 Å². The number of ether oxygens (including phenoxy) is 3. The van der Waals surface area contributed by atoms with Crippen LogP contribution in [0.4, 0.5) is 0 Å². The summed E-state index contributed by atoms with van der Waals surface area (Å²) in [6.07, 6.45) is 3.17. The van der Waals surface area contributed by atoms with Gasteiger partial charge < -0.3 is 19.3 Å². The molecule has 176 valence electrons. The fourth-order valence-electron chi connectivity index (χ4n) is 3.98. The quantitative estimate of drug-likeness (QED) is 0.266. The third kappa shape index (κ3) is 7.52. The lowest BCUT2D eigenvalue weighted by molar-refractivity contribution is 0.0330. The van der Waals surface area contributed by atoms with E-state index in [0.717, 1.165) is 37.2 Å². The fraction of sp³-hybridized carbons (Fsp3) is 0.357. The Morgan fingerprint density at radius 3 is 1.70 bits per heavy atom. The first-order valence-electron chi connectivity index (χ1n) is 11.5. The molecule has 0 spiro atoms. The van der Waals surface area contributed by atoms with E-state index in [1.807, 2.05) is 54.6 Å². The molecule has 3 rings (SSSR count). The molecule has 0 aliphatic heterocycles. The van der Waals surface area contributed by atoms with Crippen molar-refractivity contribution in [3.05, 3.63) is 90.0 Å². The van der Waals surface area contributed by atoms with Crippen molar-refractivity contribution in [1.82, 2.24) is 0 Å². The van der Waals surface area contributed by atoms with Gasteiger partial charge in [-0.1, -0.05) is 61.7 Å². The van der Waals surface area contributed by atoms with Crippen LogP contribution in [0.5, 0.6) is 17.2 Å². The number of unbranched alkanes of at least 4 members (excludes halogenated alkanes) is 2. The Hall–Kier alpha value is -3.02. The monoisotopic (exact) mass is 449 g/mol. The molecular formula is C28H35NO4. The second-order valence-corrected chi connectivity index (χ2v) is 8.20. The summed E-state index contributed by atoms with van der Waals surface area (Å²) in [6.45, 7) is 0. The minimum absolute atomic E-state index is 0.287. The highest BCUT2D eigenvalue weighted by Crippen LogP contribution is 2.32. The first-order chi connectivity index (χ1) is 16.1. The minimum atomic E-state index is -0.723. The minimum Gasteiger partial charge on any atom is -0.497 e. The molecule has 0 amide bonds. The standard InChI is InChI=1S/C28H35NO4/c1-31-23-17-13-21(14-18-23)26(22-15-19-24(32-2)20-16-22)11-7-4-8-12-27(30)28(29)33-25-9-5-3-6-10-25/h3,5-6,9-10,13-20,26-28,30H,4,7-8,11-12,29H2,1-2H3/t27-,28?/m0/s1. The number of rotatable bonds is 13. The number of para-hydroxylation sites is 1. The predicted molar refractivity (Wildman–Crippen MR) is 132 cm³/mol. The summed E-state index contributed by atoms with van der Waals surface area (Å²) in [5, 5.41) is 10.4. The maximum Gasteiger partial charge on any atom is 0.173 e. The van der Waals surface area contributed by atoms with Gasteiger partial charge in [0.2, 0.25) is 0 Å². The van der Waals surface area contributed by atoms with Crippen LogP contribution in [0.2, 0.25) is 0 Å². The van der Waals surface area contributed by atoms with Crippen LogP contribution in [-0.2, 0) is 0 Å². The third-order valence-corrected chi connectivity index (χ3v) is 5.92. The van der Waals surface area contributed by atoms with E-state index in [0.29, 0.717) is 12.2 Å². The highest BCUT2D eigenvalue weighted by Gasteiger charge is 2.17. The molecule has 5 heteroatoms. The zero-order valence-corrected chi connectivity index (χ0v) is 19.5. The van der Waals surface area contributed by atoms with E-state index in [4.69, 9.17) is 19.9 Å². The molecule has 33 heavy (non-hydrogen) atoms. The number of aliphatic hydroxyl groups is 1. The first-order valence-corrected chi connectivity index (χ1v) is 11.5. The molecule has 3 aromatic carbocycles. The molecule has 0 aliphatic carbocycles. The predicted octanol–water partition coefficient (Wildman–Crippen LogP) is 5.51. The van der Waals surface area contributed by atoms with Crippen LogP contribution in [0.1, 0.15) is 49.1 Å². The van der Waals surface area contributed by atoms with Crippen LogP contribution in [-0.4, -0.2) is 31.7 Å². The SMILES string of the molecule is COc1ccc(C(CCCCC[C@H](O)C(N)Oc2ccccc2)c2ccc(OC)cc2)cc1. The van der Waals surface area contributed by atoms with Gasteiger partial charge in [0.25, 0.3) is 0 Å². The van der Waals surface area contributed by atoms with E-state index in [-0.39, 0.29) is 5.92 Å². The third-order valence-electron chi connectivity index (χ3n) is 5.92. The largest absolute Gasteiger partial charge is 0.497 e. The van der Waals surface area contributed by atoms with Gasteiger partial charge in [0.15, 0.2) is 6.23 Å². The molecule has 5 nitrogen and oxygen atoms in total. The Morgan fingerprint density at radius 2 is 1.18 bits per heavy atom. The van der Waals surface area contributed by atoms with E-state index in [2.05, 4.69) is 24.3 Å². The van der Waals surface area contributed by atoms with Gasteiger partial charge in [0, 0.05) is 5.92 Å². The van der Waals surface area contributed by atoms with Crippen molar-refractivity contribution < 1.29 is 19.3 Å². The molecule has 0 aromatic heterocycles. The summed E-state index contributed by atoms with van der Waals surface area (Å²) in [6, 6.07) is 26.0. The Kier molecular flexibility index (Phi) is 9.60. The van der Waals surface area contributed by atoms with Crippen molar-refractivity contribution >= 4 is 0 Å². The normalized spacial score (nSPS) is 12.9. The molecule has 0 fully saturated rings. The average Bonchev–Trinajstić information content (AvgIpc) is 2.87. The summed E-state index contributed by atoms with van der Waals surface area (Å²) in [4.78, 5) is 0. The number of nitrogens with two attached hydrogens (primary N) is 1. The number of hydrogen-bond donors (Lipinski definition) is 2. The maximum absolute atomic E-state index is 10.4. The summed E-state index contributed by atoms with van der Waals surface area (Å²) in [7, 11) is 3.36. The zero-order valence-electron chi connectivity index (χ0n) is 19.5. The molecule has 0 saturated carbocycles. The maximum atomic E-state index is 10.4. The van der Waals surface area contributed by atoms with Gasteiger partial charge in [-0.25, -0.2) is 0 Å². The molecule has 0 bridgehead atoms. The van der Waals surface area contributed by atoms with E-state index >= 15 is 0 Å². The molecule has 0 saturated heterocycles. The Bertz CT molecular complexity index is 881. The van der Waals surface area contributed by atoms with E-state index in [1.165, 1.54) is 11.1 Å². The van der Waals surface area contributed by atoms with Crippen molar-refractivity contribution in [3.8, 4) is 17.2 Å². The van der Waals surface area contributed by atoms with Crippen molar-refractivity contribution in [1.29, 1.82) is 0 Å². The lowest BCUT2D eigenvalue weighted by Crippen LogP contribution is -2.39. The van der Waals surface area contributed by atoms with Gasteiger partial charge in [-0.05, 0) is 60.4 Å². The van der Waals surface area contributed by atoms with E-state index < -0.39 is 12.3 Å². The Balaban J connectivity index is 1.52. The fourth-order valence-corrected chi connectivity index (χ4v) is 3.98. The molecule has 0 radical (unpaired) electrons. The Labute approximate surface area is 197 Å². The second kappa shape index (κ2) is 12.9. The molecule has 2 atom stereocenters. The smallest absolute Gasteiger partial charge is 0.173 e. The molecule has 1 unspecified atom stereocenters. The van der Waals surface area contributed by atoms with Crippen LogP contribution in [0.15, 0.2) is 78.9 Å². The lowest BCUT2D eigenvalue weighted by atomic mass is 9.86. The van der Waals surface area contributed by atoms with Crippen LogP contribution in [0, 0.1) is 0 Å². The molecule has 3 N–H and O–H groups in total. The van der Waals surface area contributed by atoms with Crippen LogP contribution >= 0.6 is 0 Å². The summed E-state index contributed by atoms with van der Waals surface area (Å²) >= 11 is 0. The number of aliphatic hydroxyl groups excluding tert-OH is 1. The van der Waals surface area contributed by atoms with Gasteiger partial charge in [-0.15, -0.1) is 0 Å². The second-order valence-electron chi connectivity index (χ2n) is 8.20. The summed E-state index contributed by atoms with van der Waals surface area (Å²) in [5.41, 5.74) is 8.55. The Morgan fingerprint density at radius 1 is 0.667 bits per heavy atom. The van der Waals surface area contributed by atoms with Crippen LogP contribution in [0.3, 0.4) is 0 Å². The van der Waals surface area contributed by atoms with Crippen molar-refractivity contribution in [3.63, 3.8) is 0 Å². The lowest BCUT2D eigenvalue weighted by Gasteiger charge is -2.21. The highest BCUT2D eigenvalue weighted by molar-refractivity contribution is 5.38. The number of methoxy groups -OCH3 is 2. The van der Waals surface area contributed by atoms with Gasteiger partial charge in [0.05, 0.1) is 14.2 Å². The molecular weight excluding hydrogens is 414 g/mol. The first kappa shape index (κ1) is 24.6. The van der Waals surface area contributed by atoms with E-state index in [1.54, 1.807) is 14.2 Å². The summed E-state index contributed by atoms with van der Waals surface area (Å²) in [5.74, 6) is 2.67. The van der Waals surface area contributed by atoms with Gasteiger partial charge >= 0.3 is 0 Å². The van der Waals surface area contributed by atoms with Gasteiger partial charge in [-0.2, -0.15) is 0 Å². The summed E-state index contributed by atoms with van der Waals surface area (Å²) < 4.78 is 16.3. The van der Waals surface area contributed by atoms with Crippen molar-refractivity contribution in [2.45, 2.75) is 50.4 Å². The van der Waals surface area contributed by atoms with Crippen LogP contribution < -0.4 is 19.9 Å². The average molecular weight is 450 g/mol.